The van der Waals surface area contributed by atoms with E-state index in [4.69, 9.17) is 0 Å². The van der Waals surface area contributed by atoms with Gasteiger partial charge in [0.25, 0.3) is 0 Å². The van der Waals surface area contributed by atoms with Gasteiger partial charge in [0.15, 0.2) is 5.78 Å². The molecule has 1 unspecified atom stereocenters. The lowest BCUT2D eigenvalue weighted by atomic mass is 10.00. The van der Waals surface area contributed by atoms with Gasteiger partial charge in [-0.05, 0) is 48.4 Å². The minimum atomic E-state index is -4.87. The van der Waals surface area contributed by atoms with Gasteiger partial charge >= 0.3 is 16.3 Å². The van der Waals surface area contributed by atoms with Gasteiger partial charge in [0, 0.05) is 64.9 Å². The number of thioether (sulfide) groups is 1. The third-order valence-electron chi connectivity index (χ3n) is 7.08. The van der Waals surface area contributed by atoms with Crippen molar-refractivity contribution in [2.75, 3.05) is 6.54 Å². The van der Waals surface area contributed by atoms with Crippen molar-refractivity contribution in [3.63, 3.8) is 0 Å². The Morgan fingerprint density at radius 2 is 1.85 bits per heavy atom. The maximum atomic E-state index is 14.0. The highest BCUT2D eigenvalue weighted by Gasteiger charge is 2.32. The second kappa shape index (κ2) is 10.3. The van der Waals surface area contributed by atoms with Gasteiger partial charge in [0.1, 0.15) is 11.2 Å². The quantitative estimate of drug-likeness (QED) is 0.198. The maximum absolute atomic E-state index is 14.0. The normalized spacial score (nSPS) is 14.8. The summed E-state index contributed by atoms with van der Waals surface area (Å²) in [6, 6.07) is 15.4. The van der Waals surface area contributed by atoms with E-state index >= 15 is 0 Å². The number of benzene rings is 2. The minimum absolute atomic E-state index is 0.0330. The monoisotopic (exact) mass is 590 g/mol. The summed E-state index contributed by atoms with van der Waals surface area (Å²) in [5, 5.41) is 0.393. The molecule has 2 aromatic carbocycles. The van der Waals surface area contributed by atoms with Crippen LogP contribution in [0.1, 0.15) is 39.5 Å². The van der Waals surface area contributed by atoms with E-state index < -0.39 is 22.2 Å². The molecule has 1 aliphatic rings. The predicted molar refractivity (Wildman–Crippen MR) is 154 cm³/mol. The second-order valence-electron chi connectivity index (χ2n) is 9.44. The van der Waals surface area contributed by atoms with Crippen LogP contribution in [-0.2, 0) is 16.1 Å². The molecule has 9 nitrogen and oxygen atoms in total. The first-order chi connectivity index (χ1) is 19.7. The standard InChI is InChI=1S/C29H23FN4O5S2/c1-2-34(41(37,38)39)29(36)33-16-24(22-10-7-19(14-25(22)33)18-5-8-21(30)9-6-18)27(35)23-11-13-32-26(23)17-40-28(32)20-4-3-12-31-15-20/h3-16,28H,2,17H2,1H3,(H,37,38,39). The van der Waals surface area contributed by atoms with Crippen molar-refractivity contribution >= 4 is 44.8 Å². The first kappa shape index (κ1) is 26.9. The average Bonchev–Trinajstić information content (AvgIpc) is 3.66. The summed E-state index contributed by atoms with van der Waals surface area (Å²) in [7, 11) is -4.87. The number of amides is 1. The van der Waals surface area contributed by atoms with Crippen LogP contribution in [0.4, 0.5) is 9.18 Å². The van der Waals surface area contributed by atoms with Crippen LogP contribution in [0.15, 0.2) is 85.5 Å². The number of nitrogens with zero attached hydrogens (tertiary/aromatic N) is 4. The molecule has 0 spiro atoms. The molecule has 0 saturated carbocycles. The predicted octanol–water partition coefficient (Wildman–Crippen LogP) is 5.76. The van der Waals surface area contributed by atoms with E-state index in [-0.39, 0.29) is 28.8 Å². The zero-order valence-corrected chi connectivity index (χ0v) is 23.3. The van der Waals surface area contributed by atoms with Crippen molar-refractivity contribution in [1.29, 1.82) is 0 Å². The first-order valence-corrected chi connectivity index (χ1v) is 15.1. The Kier molecular flexibility index (Phi) is 6.76. The molecule has 1 amide bonds. The van der Waals surface area contributed by atoms with Crippen LogP contribution >= 0.6 is 11.8 Å². The largest absolute Gasteiger partial charge is 0.363 e. The van der Waals surface area contributed by atoms with Crippen molar-refractivity contribution < 1.29 is 27.0 Å². The highest BCUT2D eigenvalue weighted by atomic mass is 32.2. The fourth-order valence-corrected chi connectivity index (χ4v) is 7.05. The van der Waals surface area contributed by atoms with Crippen LogP contribution in [0.25, 0.3) is 22.0 Å². The van der Waals surface area contributed by atoms with E-state index in [0.717, 1.165) is 15.8 Å². The maximum Gasteiger partial charge on any atom is 0.363 e. The number of hydrogen-bond donors (Lipinski definition) is 1. The molecule has 0 aliphatic carbocycles. The summed E-state index contributed by atoms with van der Waals surface area (Å²) in [5.74, 6) is -0.143. The average molecular weight is 591 g/mol. The van der Waals surface area contributed by atoms with Crippen molar-refractivity contribution in [2.45, 2.75) is 18.1 Å². The van der Waals surface area contributed by atoms with Crippen LogP contribution in [-0.4, -0.2) is 49.8 Å². The van der Waals surface area contributed by atoms with Crippen LogP contribution in [0.2, 0.25) is 0 Å². The molecule has 0 bridgehead atoms. The van der Waals surface area contributed by atoms with Gasteiger partial charge in [-0.3, -0.25) is 18.9 Å². The molecule has 12 heteroatoms. The Morgan fingerprint density at radius 1 is 1.10 bits per heavy atom. The molecular formula is C29H23FN4O5S2. The minimum Gasteiger partial charge on any atom is -0.333 e. The molecule has 41 heavy (non-hydrogen) atoms. The summed E-state index contributed by atoms with van der Waals surface area (Å²) in [4.78, 5) is 31.6. The summed E-state index contributed by atoms with van der Waals surface area (Å²) < 4.78 is 50.6. The smallest absolute Gasteiger partial charge is 0.333 e. The Hall–Kier alpha value is -4.26. The van der Waals surface area contributed by atoms with Crippen molar-refractivity contribution in [1.82, 2.24) is 18.4 Å². The Balaban J connectivity index is 1.47. The molecule has 1 aliphatic heterocycles. The van der Waals surface area contributed by atoms with Crippen molar-refractivity contribution in [3.05, 3.63) is 114 Å². The number of carbonyl (C=O) groups is 2. The number of carbonyl (C=O) groups excluding carboxylic acids is 2. The number of hydrogen-bond acceptors (Lipinski definition) is 6. The molecule has 208 valence electrons. The lowest BCUT2D eigenvalue weighted by molar-refractivity contribution is 0.103. The highest BCUT2D eigenvalue weighted by Crippen LogP contribution is 2.42. The van der Waals surface area contributed by atoms with Gasteiger partial charge in [-0.25, -0.2) is 9.18 Å². The molecule has 0 radical (unpaired) electrons. The molecule has 1 atom stereocenters. The number of pyridine rings is 1. The van der Waals surface area contributed by atoms with E-state index in [1.807, 2.05) is 22.9 Å². The van der Waals surface area contributed by atoms with Gasteiger partial charge in [-0.2, -0.15) is 12.7 Å². The molecule has 6 rings (SSSR count). The van der Waals surface area contributed by atoms with Crippen LogP contribution < -0.4 is 0 Å². The fourth-order valence-electron chi connectivity index (χ4n) is 5.13. The number of rotatable bonds is 6. The summed E-state index contributed by atoms with van der Waals surface area (Å²) in [6.07, 6.45) is 6.66. The SMILES string of the molecule is CCN(C(=O)n1cc(C(=O)c2ccn3c2CSC3c2cccnc2)c2ccc(-c3ccc(F)cc3)cc21)S(=O)(=O)O. The van der Waals surface area contributed by atoms with E-state index in [9.17, 15) is 27.0 Å². The first-order valence-electron chi connectivity index (χ1n) is 12.6. The van der Waals surface area contributed by atoms with Gasteiger partial charge in [0.05, 0.1) is 5.52 Å². The van der Waals surface area contributed by atoms with Crippen LogP contribution in [0.5, 0.6) is 0 Å². The number of halogens is 1. The summed E-state index contributed by atoms with van der Waals surface area (Å²) >= 11 is 1.67. The highest BCUT2D eigenvalue weighted by molar-refractivity contribution is 7.99. The van der Waals surface area contributed by atoms with Crippen LogP contribution in [0, 0.1) is 5.82 Å². The Bertz CT molecular complexity index is 1920. The molecule has 4 heterocycles. The van der Waals surface area contributed by atoms with E-state index in [1.165, 1.54) is 25.3 Å². The summed E-state index contributed by atoms with van der Waals surface area (Å²) in [5.41, 5.74) is 4.06. The Morgan fingerprint density at radius 3 is 2.54 bits per heavy atom. The second-order valence-corrected chi connectivity index (χ2v) is 11.8. The Labute approximate surface area is 239 Å². The molecule has 0 fully saturated rings. The van der Waals surface area contributed by atoms with Crippen LogP contribution in [0.3, 0.4) is 0 Å². The van der Waals surface area contributed by atoms with E-state index in [2.05, 4.69) is 4.98 Å². The zero-order valence-electron chi connectivity index (χ0n) is 21.6. The number of ketones is 1. The molecule has 0 saturated heterocycles. The zero-order chi connectivity index (χ0) is 28.9. The molecule has 5 aromatic rings. The third-order valence-corrected chi connectivity index (χ3v) is 9.31. The fraction of sp³-hybridized carbons (Fsp3) is 0.138. The van der Waals surface area contributed by atoms with Crippen molar-refractivity contribution in [2.24, 2.45) is 0 Å². The number of aromatic nitrogens is 3. The third kappa shape index (κ3) is 4.73. The van der Waals surface area contributed by atoms with Gasteiger partial charge in [-0.15, -0.1) is 11.8 Å². The van der Waals surface area contributed by atoms with Gasteiger partial charge in [0.2, 0.25) is 0 Å². The van der Waals surface area contributed by atoms with Crippen molar-refractivity contribution in [3.8, 4) is 11.1 Å². The van der Waals surface area contributed by atoms with Gasteiger partial charge < -0.3 is 4.57 Å². The lowest BCUT2D eigenvalue weighted by Crippen LogP contribution is -2.38. The lowest BCUT2D eigenvalue weighted by Gasteiger charge is -2.17. The number of fused-ring (bicyclic) bond motifs is 2. The molecular weight excluding hydrogens is 567 g/mol. The van der Waals surface area contributed by atoms with E-state index in [1.54, 1.807) is 60.6 Å². The molecule has 1 N–H and O–H groups in total. The van der Waals surface area contributed by atoms with E-state index in [0.29, 0.717) is 32.1 Å². The van der Waals surface area contributed by atoms with Gasteiger partial charge in [-0.1, -0.05) is 30.3 Å². The molecule has 3 aromatic heterocycles. The topological polar surface area (TPSA) is 115 Å². The summed E-state index contributed by atoms with van der Waals surface area (Å²) in [6.45, 7) is 1.09.